The first-order valence-corrected chi connectivity index (χ1v) is 9.60. The van der Waals surface area contributed by atoms with E-state index in [4.69, 9.17) is 4.74 Å². The first kappa shape index (κ1) is 17.5. The van der Waals surface area contributed by atoms with Crippen LogP contribution in [0.1, 0.15) is 68.8 Å². The predicted octanol–water partition coefficient (Wildman–Crippen LogP) is 3.17. The minimum absolute atomic E-state index is 0.215. The number of amides is 1. The van der Waals surface area contributed by atoms with Crippen molar-refractivity contribution >= 4 is 5.91 Å². The lowest BCUT2D eigenvalue weighted by atomic mass is 9.87. The molecule has 1 saturated carbocycles. The number of hydrogen-bond donors (Lipinski definition) is 1. The molecular formula is C19H31N3O2. The Bertz CT molecular complexity index is 529. The van der Waals surface area contributed by atoms with Gasteiger partial charge in [-0.2, -0.15) is 0 Å². The minimum atomic E-state index is 0.215. The van der Waals surface area contributed by atoms with Gasteiger partial charge in [0.05, 0.1) is 0 Å². The van der Waals surface area contributed by atoms with Gasteiger partial charge in [0.2, 0.25) is 5.91 Å². The molecule has 1 saturated heterocycles. The number of hydrogen-bond acceptors (Lipinski definition) is 3. The number of ether oxygens (including phenoxy) is 1. The Morgan fingerprint density at radius 1 is 1.25 bits per heavy atom. The molecule has 1 aliphatic heterocycles. The molecule has 3 rings (SSSR count). The van der Waals surface area contributed by atoms with Crippen LogP contribution >= 0.6 is 0 Å². The largest absolute Gasteiger partial charge is 0.381 e. The average molecular weight is 333 g/mol. The molecule has 2 aliphatic rings. The molecule has 1 aromatic heterocycles. The lowest BCUT2D eigenvalue weighted by Gasteiger charge is -2.23. The minimum Gasteiger partial charge on any atom is -0.381 e. The van der Waals surface area contributed by atoms with Crippen molar-refractivity contribution in [1.29, 1.82) is 0 Å². The standard InChI is InChI=1S/C19H31N3O2/c1-15-14-21-19(17-7-11-24-12-8-17)22(15)10-9-20-18(23)13-16-5-3-2-4-6-16/h14,16-17H,2-13H2,1H3,(H,20,23). The third-order valence-electron chi connectivity index (χ3n) is 5.53. The second kappa shape index (κ2) is 8.65. The van der Waals surface area contributed by atoms with Gasteiger partial charge in [-0.05, 0) is 38.5 Å². The van der Waals surface area contributed by atoms with Crippen molar-refractivity contribution in [2.75, 3.05) is 19.8 Å². The summed E-state index contributed by atoms with van der Waals surface area (Å²) in [5.41, 5.74) is 1.18. The summed E-state index contributed by atoms with van der Waals surface area (Å²) in [4.78, 5) is 16.8. The maximum absolute atomic E-state index is 12.2. The van der Waals surface area contributed by atoms with Crippen molar-refractivity contribution in [1.82, 2.24) is 14.9 Å². The van der Waals surface area contributed by atoms with Crippen LogP contribution in [-0.4, -0.2) is 35.2 Å². The van der Waals surface area contributed by atoms with E-state index in [-0.39, 0.29) is 5.91 Å². The number of nitrogens with zero attached hydrogens (tertiary/aromatic N) is 2. The lowest BCUT2D eigenvalue weighted by molar-refractivity contribution is -0.122. The molecule has 1 N–H and O–H groups in total. The average Bonchev–Trinajstić information content (AvgIpc) is 2.97. The van der Waals surface area contributed by atoms with Gasteiger partial charge in [-0.15, -0.1) is 0 Å². The molecule has 2 heterocycles. The molecule has 24 heavy (non-hydrogen) atoms. The van der Waals surface area contributed by atoms with Gasteiger partial charge in [0.1, 0.15) is 5.82 Å². The molecule has 0 spiro atoms. The van der Waals surface area contributed by atoms with Gasteiger partial charge < -0.3 is 14.6 Å². The van der Waals surface area contributed by atoms with E-state index in [1.54, 1.807) is 0 Å². The van der Waals surface area contributed by atoms with Crippen LogP contribution in [0, 0.1) is 12.8 Å². The maximum atomic E-state index is 12.2. The van der Waals surface area contributed by atoms with Crippen molar-refractivity contribution in [3.05, 3.63) is 17.7 Å². The predicted molar refractivity (Wildman–Crippen MR) is 94.0 cm³/mol. The van der Waals surface area contributed by atoms with E-state index in [9.17, 15) is 4.79 Å². The van der Waals surface area contributed by atoms with Crippen LogP contribution in [0.5, 0.6) is 0 Å². The Balaban J connectivity index is 1.47. The summed E-state index contributed by atoms with van der Waals surface area (Å²) < 4.78 is 7.73. The second-order valence-corrected chi connectivity index (χ2v) is 7.35. The molecule has 0 bridgehead atoms. The Hall–Kier alpha value is -1.36. The number of aromatic nitrogens is 2. The summed E-state index contributed by atoms with van der Waals surface area (Å²) in [7, 11) is 0. The van der Waals surface area contributed by atoms with Crippen LogP contribution in [-0.2, 0) is 16.1 Å². The van der Waals surface area contributed by atoms with Gasteiger partial charge in [0.15, 0.2) is 0 Å². The molecule has 1 aliphatic carbocycles. The number of carbonyl (C=O) groups is 1. The Labute approximate surface area is 145 Å². The Morgan fingerprint density at radius 3 is 2.75 bits per heavy atom. The van der Waals surface area contributed by atoms with Crippen molar-refractivity contribution in [2.24, 2.45) is 5.92 Å². The highest BCUT2D eigenvalue weighted by molar-refractivity contribution is 5.76. The molecular weight excluding hydrogens is 302 g/mol. The first-order valence-electron chi connectivity index (χ1n) is 9.60. The number of aryl methyl sites for hydroxylation is 1. The third-order valence-corrected chi connectivity index (χ3v) is 5.53. The van der Waals surface area contributed by atoms with E-state index in [2.05, 4.69) is 21.8 Å². The van der Waals surface area contributed by atoms with E-state index in [1.165, 1.54) is 37.8 Å². The second-order valence-electron chi connectivity index (χ2n) is 7.35. The summed E-state index contributed by atoms with van der Waals surface area (Å²) in [6.07, 6.45) is 11.1. The zero-order chi connectivity index (χ0) is 16.8. The normalized spacial score (nSPS) is 20.2. The molecule has 1 amide bonds. The smallest absolute Gasteiger partial charge is 0.220 e. The number of rotatable bonds is 6. The number of nitrogens with one attached hydrogen (secondary N) is 1. The lowest BCUT2D eigenvalue weighted by Crippen LogP contribution is -2.30. The van der Waals surface area contributed by atoms with E-state index in [0.717, 1.165) is 38.4 Å². The molecule has 5 nitrogen and oxygen atoms in total. The molecule has 134 valence electrons. The van der Waals surface area contributed by atoms with Gasteiger partial charge in [-0.25, -0.2) is 4.98 Å². The zero-order valence-electron chi connectivity index (χ0n) is 14.9. The third kappa shape index (κ3) is 4.59. The fourth-order valence-corrected chi connectivity index (χ4v) is 4.08. The Kier molecular flexibility index (Phi) is 6.30. The van der Waals surface area contributed by atoms with Gasteiger partial charge in [-0.1, -0.05) is 19.3 Å². The van der Waals surface area contributed by atoms with Crippen LogP contribution in [0.2, 0.25) is 0 Å². The molecule has 5 heteroatoms. The van der Waals surface area contributed by atoms with E-state index in [1.807, 2.05) is 6.20 Å². The SMILES string of the molecule is Cc1cnc(C2CCOCC2)n1CCNC(=O)CC1CCCCC1. The van der Waals surface area contributed by atoms with Crippen LogP contribution in [0.4, 0.5) is 0 Å². The maximum Gasteiger partial charge on any atom is 0.220 e. The highest BCUT2D eigenvalue weighted by atomic mass is 16.5. The van der Waals surface area contributed by atoms with E-state index >= 15 is 0 Å². The van der Waals surface area contributed by atoms with Gasteiger partial charge in [0, 0.05) is 50.5 Å². The summed E-state index contributed by atoms with van der Waals surface area (Å²) in [5.74, 6) is 2.47. The summed E-state index contributed by atoms with van der Waals surface area (Å²) in [6, 6.07) is 0. The van der Waals surface area contributed by atoms with Crippen LogP contribution < -0.4 is 5.32 Å². The van der Waals surface area contributed by atoms with Crippen molar-refractivity contribution < 1.29 is 9.53 Å². The zero-order valence-corrected chi connectivity index (χ0v) is 14.9. The molecule has 0 unspecified atom stereocenters. The monoisotopic (exact) mass is 333 g/mol. The highest BCUT2D eigenvalue weighted by Crippen LogP contribution is 2.27. The number of carbonyl (C=O) groups excluding carboxylic acids is 1. The summed E-state index contributed by atoms with van der Waals surface area (Å²) in [6.45, 7) is 5.26. The topological polar surface area (TPSA) is 56.1 Å². The highest BCUT2D eigenvalue weighted by Gasteiger charge is 2.22. The Morgan fingerprint density at radius 2 is 2.00 bits per heavy atom. The molecule has 2 fully saturated rings. The van der Waals surface area contributed by atoms with Crippen LogP contribution in [0.3, 0.4) is 0 Å². The van der Waals surface area contributed by atoms with Crippen molar-refractivity contribution in [3.8, 4) is 0 Å². The van der Waals surface area contributed by atoms with Crippen LogP contribution in [0.15, 0.2) is 6.20 Å². The fourth-order valence-electron chi connectivity index (χ4n) is 4.08. The first-order chi connectivity index (χ1) is 11.7. The molecule has 0 aromatic carbocycles. The van der Waals surface area contributed by atoms with Crippen LogP contribution in [0.25, 0.3) is 0 Å². The molecule has 1 aromatic rings. The summed E-state index contributed by atoms with van der Waals surface area (Å²) >= 11 is 0. The van der Waals surface area contributed by atoms with E-state index in [0.29, 0.717) is 24.8 Å². The fraction of sp³-hybridized carbons (Fsp3) is 0.789. The molecule has 0 radical (unpaired) electrons. The number of imidazole rings is 1. The van der Waals surface area contributed by atoms with E-state index < -0.39 is 0 Å². The van der Waals surface area contributed by atoms with Gasteiger partial charge in [-0.3, -0.25) is 4.79 Å². The van der Waals surface area contributed by atoms with Crippen molar-refractivity contribution in [2.45, 2.75) is 70.8 Å². The van der Waals surface area contributed by atoms with Crippen molar-refractivity contribution in [3.63, 3.8) is 0 Å². The van der Waals surface area contributed by atoms with Gasteiger partial charge >= 0.3 is 0 Å². The quantitative estimate of drug-likeness (QED) is 0.870. The summed E-state index contributed by atoms with van der Waals surface area (Å²) in [5, 5.41) is 3.11. The van der Waals surface area contributed by atoms with Gasteiger partial charge in [0.25, 0.3) is 0 Å². The molecule has 0 atom stereocenters.